The molecule has 3 heterocycles. The van der Waals surface area contributed by atoms with Gasteiger partial charge in [0, 0.05) is 32.0 Å². The third-order valence-corrected chi connectivity index (χ3v) is 8.41. The average Bonchev–Trinajstić information content (AvgIpc) is 3.81. The first kappa shape index (κ1) is 29.9. The van der Waals surface area contributed by atoms with Crippen LogP contribution < -0.4 is 16.4 Å². The number of amides is 4. The number of carbonyl (C=O) groups is 4. The van der Waals surface area contributed by atoms with Gasteiger partial charge in [0.25, 0.3) is 0 Å². The minimum absolute atomic E-state index is 0.0192. The molecule has 5 rings (SSSR count). The molecule has 2 aliphatic rings. The van der Waals surface area contributed by atoms with Gasteiger partial charge < -0.3 is 26.2 Å². The van der Waals surface area contributed by atoms with E-state index in [-0.39, 0.29) is 36.7 Å². The molecule has 12 heteroatoms. The lowest BCUT2D eigenvalue weighted by Crippen LogP contribution is -2.58. The first-order valence-corrected chi connectivity index (χ1v) is 14.6. The van der Waals surface area contributed by atoms with Crippen molar-refractivity contribution >= 4 is 23.6 Å². The van der Waals surface area contributed by atoms with Crippen molar-refractivity contribution in [2.75, 3.05) is 20.1 Å². The maximum atomic E-state index is 14.4. The Balaban J connectivity index is 1.46. The van der Waals surface area contributed by atoms with E-state index in [4.69, 9.17) is 5.73 Å². The molecule has 2 aliphatic heterocycles. The molecule has 3 aromatic rings. The van der Waals surface area contributed by atoms with Gasteiger partial charge in [-0.15, -0.1) is 0 Å². The Labute approximate surface area is 250 Å². The molecule has 2 aromatic carbocycles. The molecule has 1 aromatic heterocycles. The highest BCUT2D eigenvalue weighted by atomic mass is 16.2. The third-order valence-electron chi connectivity index (χ3n) is 8.41. The highest BCUT2D eigenvalue weighted by molar-refractivity contribution is 5.95. The average molecular weight is 587 g/mol. The second kappa shape index (κ2) is 13.2. The van der Waals surface area contributed by atoms with Crippen LogP contribution in [0.15, 0.2) is 73.3 Å². The summed E-state index contributed by atoms with van der Waals surface area (Å²) in [7, 11) is 1.56. The van der Waals surface area contributed by atoms with Gasteiger partial charge in [0.1, 0.15) is 30.8 Å². The van der Waals surface area contributed by atoms with E-state index in [1.807, 2.05) is 60.7 Å². The highest BCUT2D eigenvalue weighted by Crippen LogP contribution is 2.37. The maximum absolute atomic E-state index is 14.4. The molecule has 0 aliphatic carbocycles. The monoisotopic (exact) mass is 586 g/mol. The second-order valence-corrected chi connectivity index (χ2v) is 11.3. The number of likely N-dealkylation sites (tertiary alicyclic amines) is 2. The standard InChI is InChI=1S/C31H38N8O4/c1-20(32)28(40)36-25(17-37-19-34-18-35-37)30(42)39-16-24(22-11-7-4-8-12-22)14-27(39)31(43)38-15-23(13-26(38)29(41)33-2)21-9-5-3-6-10-21/h3-12,18-20,23-27H,13-17,32H2,1-2H3,(H,33,41)(H,36,40)/t20-,23-,24-,25?,26-,27-/m0/s1. The van der Waals surface area contributed by atoms with Crippen LogP contribution in [0.25, 0.3) is 0 Å². The SMILES string of the molecule is CNC(=O)[C@@H]1C[C@H](c2ccccc2)CN1C(=O)[C@@H]1C[C@H](c2ccccc2)CN1C(=O)C(Cn1cncn1)NC(=O)[C@H](C)N. The summed E-state index contributed by atoms with van der Waals surface area (Å²) in [5, 5.41) is 9.56. The molecule has 2 fully saturated rings. The van der Waals surface area contributed by atoms with Crippen LogP contribution in [0, 0.1) is 0 Å². The zero-order valence-electron chi connectivity index (χ0n) is 24.4. The van der Waals surface area contributed by atoms with Crippen molar-refractivity contribution in [1.29, 1.82) is 0 Å². The van der Waals surface area contributed by atoms with Crippen LogP contribution in [0.3, 0.4) is 0 Å². The molecule has 1 unspecified atom stereocenters. The Kier molecular flexibility index (Phi) is 9.15. The first-order chi connectivity index (χ1) is 20.8. The number of nitrogens with zero attached hydrogens (tertiary/aromatic N) is 5. The van der Waals surface area contributed by atoms with Crippen LogP contribution in [0.5, 0.6) is 0 Å². The molecular formula is C31H38N8O4. The zero-order valence-corrected chi connectivity index (χ0v) is 24.4. The lowest BCUT2D eigenvalue weighted by atomic mass is 9.96. The van der Waals surface area contributed by atoms with Gasteiger partial charge in [-0.05, 0) is 30.9 Å². The second-order valence-electron chi connectivity index (χ2n) is 11.3. The topological polar surface area (TPSA) is 156 Å². The predicted octanol–water partition coefficient (Wildman–Crippen LogP) is 0.626. The molecule has 12 nitrogen and oxygen atoms in total. The summed E-state index contributed by atoms with van der Waals surface area (Å²) in [4.78, 5) is 61.5. The van der Waals surface area contributed by atoms with Crippen LogP contribution in [-0.2, 0) is 25.7 Å². The van der Waals surface area contributed by atoms with Gasteiger partial charge in [-0.2, -0.15) is 5.10 Å². The number of nitrogens with one attached hydrogen (secondary N) is 2. The zero-order chi connectivity index (χ0) is 30.5. The number of nitrogens with two attached hydrogens (primary N) is 1. The molecule has 0 spiro atoms. The van der Waals surface area contributed by atoms with Gasteiger partial charge >= 0.3 is 0 Å². The minimum atomic E-state index is -1.03. The Morgan fingerprint density at radius 1 is 0.907 bits per heavy atom. The van der Waals surface area contributed by atoms with Gasteiger partial charge in [-0.3, -0.25) is 23.9 Å². The molecule has 0 bridgehead atoms. The van der Waals surface area contributed by atoms with Crippen LogP contribution in [-0.4, -0.2) is 92.5 Å². The molecule has 43 heavy (non-hydrogen) atoms. The van der Waals surface area contributed by atoms with Gasteiger partial charge in [0.05, 0.1) is 12.6 Å². The molecule has 4 N–H and O–H groups in total. The van der Waals surface area contributed by atoms with Crippen molar-refractivity contribution in [2.45, 2.75) is 62.3 Å². The lowest BCUT2D eigenvalue weighted by Gasteiger charge is -2.33. The van der Waals surface area contributed by atoms with Crippen LogP contribution in [0.4, 0.5) is 0 Å². The van der Waals surface area contributed by atoms with E-state index in [1.54, 1.807) is 16.8 Å². The Morgan fingerprint density at radius 3 is 2.02 bits per heavy atom. The number of hydrogen-bond donors (Lipinski definition) is 3. The molecule has 4 amide bonds. The summed E-state index contributed by atoms with van der Waals surface area (Å²) in [6.07, 6.45) is 3.67. The van der Waals surface area contributed by atoms with Gasteiger partial charge in [-0.1, -0.05) is 60.7 Å². The Morgan fingerprint density at radius 2 is 1.49 bits per heavy atom. The van der Waals surface area contributed by atoms with E-state index in [0.717, 1.165) is 11.1 Å². The molecule has 6 atom stereocenters. The normalized spacial score (nSPS) is 23.0. The third kappa shape index (κ3) is 6.59. The van der Waals surface area contributed by atoms with Crippen LogP contribution in [0.1, 0.15) is 42.7 Å². The lowest BCUT2D eigenvalue weighted by molar-refractivity contribution is -0.148. The number of likely N-dealkylation sites (N-methyl/N-ethyl adjacent to an activating group) is 1. The number of carbonyl (C=O) groups excluding carboxylic acids is 4. The van der Waals surface area contributed by atoms with Crippen LogP contribution >= 0.6 is 0 Å². The number of hydrogen-bond acceptors (Lipinski definition) is 7. The summed E-state index contributed by atoms with van der Waals surface area (Å²) in [6, 6.07) is 16.2. The van der Waals surface area contributed by atoms with Crippen molar-refractivity contribution in [1.82, 2.24) is 35.2 Å². The number of rotatable bonds is 9. The molecule has 2 saturated heterocycles. The van der Waals surface area contributed by atoms with Crippen molar-refractivity contribution in [2.24, 2.45) is 5.73 Å². The summed E-state index contributed by atoms with van der Waals surface area (Å²) in [5.41, 5.74) is 7.88. The fourth-order valence-electron chi connectivity index (χ4n) is 6.14. The smallest absolute Gasteiger partial charge is 0.247 e. The van der Waals surface area contributed by atoms with E-state index < -0.39 is 36.0 Å². The van der Waals surface area contributed by atoms with Gasteiger partial charge in [-0.25, -0.2) is 4.98 Å². The number of aromatic nitrogens is 3. The van der Waals surface area contributed by atoms with E-state index >= 15 is 0 Å². The van der Waals surface area contributed by atoms with Crippen LogP contribution in [0.2, 0.25) is 0 Å². The van der Waals surface area contributed by atoms with Crippen molar-refractivity contribution in [3.63, 3.8) is 0 Å². The van der Waals surface area contributed by atoms with Gasteiger partial charge in [0.2, 0.25) is 23.6 Å². The van der Waals surface area contributed by atoms with E-state index in [9.17, 15) is 19.2 Å². The Bertz CT molecular complexity index is 1420. The summed E-state index contributed by atoms with van der Waals surface area (Å²) in [6.45, 7) is 2.20. The van der Waals surface area contributed by atoms with Crippen molar-refractivity contribution in [3.8, 4) is 0 Å². The quantitative estimate of drug-likeness (QED) is 0.332. The molecule has 226 valence electrons. The summed E-state index contributed by atoms with van der Waals surface area (Å²) < 4.78 is 1.46. The largest absolute Gasteiger partial charge is 0.357 e. The van der Waals surface area contributed by atoms with Gasteiger partial charge in [0.15, 0.2) is 0 Å². The minimum Gasteiger partial charge on any atom is -0.357 e. The molecular weight excluding hydrogens is 548 g/mol. The van der Waals surface area contributed by atoms with E-state index in [1.165, 1.54) is 24.3 Å². The van der Waals surface area contributed by atoms with Crippen molar-refractivity contribution in [3.05, 3.63) is 84.4 Å². The summed E-state index contributed by atoms with van der Waals surface area (Å²) >= 11 is 0. The fourth-order valence-corrected chi connectivity index (χ4v) is 6.14. The molecule has 0 saturated carbocycles. The first-order valence-electron chi connectivity index (χ1n) is 14.6. The summed E-state index contributed by atoms with van der Waals surface area (Å²) in [5.74, 6) is -1.57. The fraction of sp³-hybridized carbons (Fsp3) is 0.419. The maximum Gasteiger partial charge on any atom is 0.247 e. The number of benzene rings is 2. The van der Waals surface area contributed by atoms with E-state index in [2.05, 4.69) is 20.7 Å². The Hall–Kier alpha value is -4.58. The molecule has 0 radical (unpaired) electrons. The highest BCUT2D eigenvalue weighted by Gasteiger charge is 2.48. The van der Waals surface area contributed by atoms with E-state index in [0.29, 0.717) is 19.4 Å². The van der Waals surface area contributed by atoms with Crippen molar-refractivity contribution < 1.29 is 19.2 Å². The predicted molar refractivity (Wildman–Crippen MR) is 158 cm³/mol.